The molecular formula is C22H32N6O. The number of carbonyl (C=O) groups excluding carboxylic acids is 1. The van der Waals surface area contributed by atoms with Crippen LogP contribution in [0.4, 0.5) is 0 Å². The third kappa shape index (κ3) is 6.34. The van der Waals surface area contributed by atoms with E-state index in [0.717, 1.165) is 45.0 Å². The van der Waals surface area contributed by atoms with Gasteiger partial charge in [0.1, 0.15) is 0 Å². The molecule has 1 saturated heterocycles. The number of amides is 1. The fourth-order valence-electron chi connectivity index (χ4n) is 3.72. The van der Waals surface area contributed by atoms with Crippen molar-refractivity contribution in [2.45, 2.75) is 39.3 Å². The van der Waals surface area contributed by atoms with Gasteiger partial charge in [-0.3, -0.25) is 4.79 Å². The minimum atomic E-state index is 0.139. The summed E-state index contributed by atoms with van der Waals surface area (Å²) in [4.78, 5) is 22.9. The highest BCUT2D eigenvalue weighted by Gasteiger charge is 2.23. The van der Waals surface area contributed by atoms with Crippen LogP contribution in [0, 0.1) is 5.92 Å². The van der Waals surface area contributed by atoms with Crippen molar-refractivity contribution in [3.8, 4) is 0 Å². The van der Waals surface area contributed by atoms with Crippen LogP contribution >= 0.6 is 0 Å². The summed E-state index contributed by atoms with van der Waals surface area (Å²) in [6.07, 6.45) is 8.29. The van der Waals surface area contributed by atoms with Crippen LogP contribution in [-0.2, 0) is 17.9 Å². The number of carbonyl (C=O) groups is 1. The van der Waals surface area contributed by atoms with Gasteiger partial charge in [0, 0.05) is 52.0 Å². The molecule has 0 saturated carbocycles. The predicted molar refractivity (Wildman–Crippen MR) is 116 cm³/mol. The van der Waals surface area contributed by atoms with E-state index < -0.39 is 0 Å². The molecule has 1 aromatic carbocycles. The van der Waals surface area contributed by atoms with Gasteiger partial charge in [-0.2, -0.15) is 0 Å². The van der Waals surface area contributed by atoms with Crippen LogP contribution in [0.25, 0.3) is 0 Å². The van der Waals surface area contributed by atoms with Crippen molar-refractivity contribution in [3.63, 3.8) is 0 Å². The number of nitrogens with zero attached hydrogens (tertiary/aromatic N) is 4. The van der Waals surface area contributed by atoms with Crippen LogP contribution in [0.3, 0.4) is 0 Å². The second-order valence-electron chi connectivity index (χ2n) is 7.53. The van der Waals surface area contributed by atoms with Crippen LogP contribution in [-0.4, -0.2) is 53.0 Å². The fraction of sp³-hybridized carbons (Fsp3) is 0.500. The number of benzene rings is 1. The molecule has 2 heterocycles. The lowest BCUT2D eigenvalue weighted by Gasteiger charge is -2.34. The number of nitrogens with one attached hydrogen (secondary N) is 2. The summed E-state index contributed by atoms with van der Waals surface area (Å²) in [7, 11) is 1.71. The van der Waals surface area contributed by atoms with Gasteiger partial charge in [-0.05, 0) is 36.8 Å². The molecule has 29 heavy (non-hydrogen) atoms. The zero-order valence-electron chi connectivity index (χ0n) is 17.5. The average molecular weight is 397 g/mol. The quantitative estimate of drug-likeness (QED) is 0.556. The van der Waals surface area contributed by atoms with Gasteiger partial charge in [0.25, 0.3) is 0 Å². The molecule has 7 nitrogen and oxygen atoms in total. The Bertz CT molecular complexity index is 793. The van der Waals surface area contributed by atoms with E-state index in [1.165, 1.54) is 11.1 Å². The highest BCUT2D eigenvalue weighted by atomic mass is 16.1. The first-order valence-electron chi connectivity index (χ1n) is 10.4. The van der Waals surface area contributed by atoms with Crippen LogP contribution in [0.15, 0.2) is 48.0 Å². The lowest BCUT2D eigenvalue weighted by molar-refractivity contribution is -0.121. The molecule has 0 bridgehead atoms. The van der Waals surface area contributed by atoms with E-state index in [-0.39, 0.29) is 5.91 Å². The number of likely N-dealkylation sites (tertiary alicyclic amines) is 1. The van der Waals surface area contributed by atoms with Gasteiger partial charge < -0.3 is 20.1 Å². The van der Waals surface area contributed by atoms with E-state index in [0.29, 0.717) is 18.9 Å². The molecule has 3 rings (SSSR count). The van der Waals surface area contributed by atoms with Crippen LogP contribution in [0.5, 0.6) is 0 Å². The maximum absolute atomic E-state index is 11.6. The van der Waals surface area contributed by atoms with Gasteiger partial charge in [-0.1, -0.05) is 24.3 Å². The summed E-state index contributed by atoms with van der Waals surface area (Å²) in [5.41, 5.74) is 2.45. The van der Waals surface area contributed by atoms with Crippen molar-refractivity contribution in [2.24, 2.45) is 10.9 Å². The Kier molecular flexibility index (Phi) is 7.67. The number of piperidine rings is 1. The second kappa shape index (κ2) is 10.6. The van der Waals surface area contributed by atoms with E-state index >= 15 is 0 Å². The van der Waals surface area contributed by atoms with Gasteiger partial charge in [0.15, 0.2) is 5.96 Å². The van der Waals surface area contributed by atoms with E-state index in [2.05, 4.69) is 56.3 Å². The largest absolute Gasteiger partial charge is 0.359 e. The zero-order valence-corrected chi connectivity index (χ0v) is 17.5. The van der Waals surface area contributed by atoms with E-state index in [4.69, 9.17) is 4.99 Å². The van der Waals surface area contributed by atoms with Crippen molar-refractivity contribution in [1.82, 2.24) is 25.1 Å². The standard InChI is InChI=1S/C22H32N6O/c1-3-25-22(28-10-7-18(8-11-28)14-21(29)23-2)26-15-19-5-4-6-20(13-19)16-27-12-9-24-17-27/h4-6,9,12-13,17-18H,3,7-8,10-11,14-16H2,1-2H3,(H,23,29)(H,25,26). The maximum Gasteiger partial charge on any atom is 0.220 e. The van der Waals surface area contributed by atoms with Crippen LogP contribution in [0.1, 0.15) is 37.3 Å². The Morgan fingerprint density at radius 1 is 1.28 bits per heavy atom. The predicted octanol–water partition coefficient (Wildman–Crippen LogP) is 2.25. The number of guanidine groups is 1. The molecule has 1 aliphatic heterocycles. The Morgan fingerprint density at radius 3 is 2.76 bits per heavy atom. The topological polar surface area (TPSA) is 74.5 Å². The summed E-state index contributed by atoms with van der Waals surface area (Å²) < 4.78 is 2.06. The lowest BCUT2D eigenvalue weighted by Crippen LogP contribution is -2.46. The molecule has 0 atom stereocenters. The number of aliphatic imine (C=N–C) groups is 1. The third-order valence-corrected chi connectivity index (χ3v) is 5.33. The Morgan fingerprint density at radius 2 is 2.07 bits per heavy atom. The van der Waals surface area contributed by atoms with Crippen molar-refractivity contribution in [3.05, 3.63) is 54.1 Å². The molecule has 2 N–H and O–H groups in total. The van der Waals surface area contributed by atoms with Crippen molar-refractivity contribution in [2.75, 3.05) is 26.7 Å². The number of hydrogen-bond acceptors (Lipinski definition) is 3. The fourth-order valence-corrected chi connectivity index (χ4v) is 3.72. The smallest absolute Gasteiger partial charge is 0.220 e. The highest BCUT2D eigenvalue weighted by Crippen LogP contribution is 2.20. The first-order valence-corrected chi connectivity index (χ1v) is 10.4. The number of imidazole rings is 1. The lowest BCUT2D eigenvalue weighted by atomic mass is 9.93. The minimum absolute atomic E-state index is 0.139. The van der Waals surface area contributed by atoms with E-state index in [1.54, 1.807) is 13.2 Å². The van der Waals surface area contributed by atoms with Gasteiger partial charge in [0.05, 0.1) is 12.9 Å². The summed E-state index contributed by atoms with van der Waals surface area (Å²) in [5.74, 6) is 1.57. The summed E-state index contributed by atoms with van der Waals surface area (Å²) in [5, 5.41) is 6.15. The molecule has 0 radical (unpaired) electrons. The third-order valence-electron chi connectivity index (χ3n) is 5.33. The van der Waals surface area contributed by atoms with E-state index in [9.17, 15) is 4.79 Å². The molecular weight excluding hydrogens is 364 g/mol. The van der Waals surface area contributed by atoms with Gasteiger partial charge in [-0.25, -0.2) is 9.98 Å². The number of aromatic nitrogens is 2. The molecule has 1 aromatic heterocycles. The Labute approximate surface area is 173 Å². The summed E-state index contributed by atoms with van der Waals surface area (Å²) >= 11 is 0. The van der Waals surface area contributed by atoms with Crippen LogP contribution < -0.4 is 10.6 Å². The SMILES string of the molecule is CCNC(=NCc1cccc(Cn2ccnc2)c1)N1CCC(CC(=O)NC)CC1. The molecule has 156 valence electrons. The summed E-state index contributed by atoms with van der Waals surface area (Å²) in [6.45, 7) is 6.29. The van der Waals surface area contributed by atoms with Gasteiger partial charge >= 0.3 is 0 Å². The number of rotatable bonds is 7. The molecule has 1 fully saturated rings. The molecule has 0 spiro atoms. The monoisotopic (exact) mass is 396 g/mol. The maximum atomic E-state index is 11.6. The zero-order chi connectivity index (χ0) is 20.5. The molecule has 0 aliphatic carbocycles. The second-order valence-corrected chi connectivity index (χ2v) is 7.53. The van der Waals surface area contributed by atoms with Crippen LogP contribution in [0.2, 0.25) is 0 Å². The normalized spacial score (nSPS) is 15.4. The van der Waals surface area contributed by atoms with E-state index in [1.807, 2.05) is 12.5 Å². The molecule has 7 heteroatoms. The minimum Gasteiger partial charge on any atom is -0.359 e. The molecule has 1 aliphatic rings. The average Bonchev–Trinajstić information content (AvgIpc) is 3.25. The number of hydrogen-bond donors (Lipinski definition) is 2. The Balaban J connectivity index is 1.59. The van der Waals surface area contributed by atoms with Gasteiger partial charge in [-0.15, -0.1) is 0 Å². The van der Waals surface area contributed by atoms with Crippen molar-refractivity contribution in [1.29, 1.82) is 0 Å². The van der Waals surface area contributed by atoms with Crippen molar-refractivity contribution >= 4 is 11.9 Å². The van der Waals surface area contributed by atoms with Crippen molar-refractivity contribution < 1.29 is 4.79 Å². The van der Waals surface area contributed by atoms with Gasteiger partial charge in [0.2, 0.25) is 5.91 Å². The summed E-state index contributed by atoms with van der Waals surface area (Å²) in [6, 6.07) is 8.56. The Hall–Kier alpha value is -2.83. The molecule has 2 aromatic rings. The molecule has 0 unspecified atom stereocenters. The first-order chi connectivity index (χ1) is 14.2. The molecule has 1 amide bonds. The highest BCUT2D eigenvalue weighted by molar-refractivity contribution is 5.80. The first kappa shape index (κ1) is 20.9.